The van der Waals surface area contributed by atoms with Crippen LogP contribution in [0.1, 0.15) is 37.7 Å². The molecule has 1 heterocycles. The molecule has 154 valence electrons. The van der Waals surface area contributed by atoms with Crippen molar-refractivity contribution in [2.24, 2.45) is 11.7 Å². The number of nitrogens with zero attached hydrogens (tertiary/aromatic N) is 1. The van der Waals surface area contributed by atoms with Gasteiger partial charge in [-0.25, -0.2) is 0 Å². The van der Waals surface area contributed by atoms with Gasteiger partial charge in [-0.15, -0.1) is 24.8 Å². The van der Waals surface area contributed by atoms with E-state index in [0.29, 0.717) is 19.0 Å². The number of hydrogen-bond donors (Lipinski definition) is 3. The Balaban J connectivity index is 0.00000338. The highest BCUT2D eigenvalue weighted by Gasteiger charge is 2.23. The van der Waals surface area contributed by atoms with Gasteiger partial charge in [0.2, 0.25) is 11.8 Å². The summed E-state index contributed by atoms with van der Waals surface area (Å²) in [7, 11) is 0. The van der Waals surface area contributed by atoms with E-state index in [9.17, 15) is 9.59 Å². The van der Waals surface area contributed by atoms with Crippen LogP contribution in [0.25, 0.3) is 0 Å². The Morgan fingerprint density at radius 2 is 1.89 bits per heavy atom. The third kappa shape index (κ3) is 9.91. The molecule has 0 spiro atoms. The molecule has 0 bridgehead atoms. The van der Waals surface area contributed by atoms with E-state index < -0.39 is 0 Å². The molecule has 1 unspecified atom stereocenters. The summed E-state index contributed by atoms with van der Waals surface area (Å²) in [5, 5.41) is 5.66. The smallest absolute Gasteiger partial charge is 0.246 e. The van der Waals surface area contributed by atoms with Crippen LogP contribution in [0.3, 0.4) is 0 Å². The number of rotatable bonds is 9. The van der Waals surface area contributed by atoms with Gasteiger partial charge in [0.25, 0.3) is 0 Å². The normalized spacial score (nSPS) is 15.0. The standard InChI is InChI=1S/C18H28N4O3.2ClH/c19-9-16(15-6-2-1-3-7-15)22-18(24)13-25-12-17(23)21-11-14-5-4-8-20-10-14;;/h4-5,8,10,15-16H,1-3,6-7,9,11-13,19H2,(H,21,23)(H,22,24);2*1H. The zero-order valence-electron chi connectivity index (χ0n) is 15.4. The number of pyridine rings is 1. The number of carbonyl (C=O) groups is 2. The molecule has 1 fully saturated rings. The molecule has 4 N–H and O–H groups in total. The van der Waals surface area contributed by atoms with Crippen molar-refractivity contribution in [1.29, 1.82) is 0 Å². The number of ether oxygens (including phenoxy) is 1. The topological polar surface area (TPSA) is 106 Å². The highest BCUT2D eigenvalue weighted by molar-refractivity contribution is 5.85. The third-order valence-electron chi connectivity index (χ3n) is 4.50. The second-order valence-corrected chi connectivity index (χ2v) is 6.44. The van der Waals surface area contributed by atoms with Crippen molar-refractivity contribution in [3.63, 3.8) is 0 Å². The van der Waals surface area contributed by atoms with E-state index in [1.54, 1.807) is 12.4 Å². The monoisotopic (exact) mass is 420 g/mol. The molecule has 7 nitrogen and oxygen atoms in total. The van der Waals surface area contributed by atoms with Gasteiger partial charge < -0.3 is 21.1 Å². The number of nitrogens with two attached hydrogens (primary N) is 1. The van der Waals surface area contributed by atoms with Crippen LogP contribution >= 0.6 is 24.8 Å². The minimum atomic E-state index is -0.265. The molecule has 1 aromatic heterocycles. The van der Waals surface area contributed by atoms with Crippen LogP contribution in [-0.4, -0.2) is 42.6 Å². The summed E-state index contributed by atoms with van der Waals surface area (Å²) in [6.07, 6.45) is 9.25. The molecule has 1 aliphatic carbocycles. The number of aromatic nitrogens is 1. The summed E-state index contributed by atoms with van der Waals surface area (Å²) in [4.78, 5) is 27.7. The molecule has 0 saturated heterocycles. The Bertz CT molecular complexity index is 543. The lowest BCUT2D eigenvalue weighted by Gasteiger charge is -2.30. The van der Waals surface area contributed by atoms with Crippen LogP contribution in [0.4, 0.5) is 0 Å². The molecular formula is C18H30Cl2N4O3. The Labute approximate surface area is 173 Å². The highest BCUT2D eigenvalue weighted by atomic mass is 35.5. The van der Waals surface area contributed by atoms with Crippen molar-refractivity contribution in [1.82, 2.24) is 15.6 Å². The van der Waals surface area contributed by atoms with Gasteiger partial charge in [-0.1, -0.05) is 25.3 Å². The first-order valence-electron chi connectivity index (χ1n) is 8.92. The minimum Gasteiger partial charge on any atom is -0.362 e. The van der Waals surface area contributed by atoms with E-state index in [1.165, 1.54) is 19.3 Å². The molecule has 0 aromatic carbocycles. The van der Waals surface area contributed by atoms with Crippen LogP contribution < -0.4 is 16.4 Å². The zero-order chi connectivity index (χ0) is 17.9. The average molecular weight is 421 g/mol. The average Bonchev–Trinajstić information content (AvgIpc) is 2.66. The van der Waals surface area contributed by atoms with Crippen LogP contribution in [0.2, 0.25) is 0 Å². The summed E-state index contributed by atoms with van der Waals surface area (Å²) < 4.78 is 5.20. The molecule has 0 radical (unpaired) electrons. The minimum absolute atomic E-state index is 0. The molecule has 1 saturated carbocycles. The second kappa shape index (κ2) is 14.6. The molecule has 27 heavy (non-hydrogen) atoms. The van der Waals surface area contributed by atoms with Gasteiger partial charge in [-0.3, -0.25) is 14.6 Å². The molecule has 1 aromatic rings. The van der Waals surface area contributed by atoms with Crippen molar-refractivity contribution in [2.75, 3.05) is 19.8 Å². The fourth-order valence-electron chi connectivity index (χ4n) is 3.15. The van der Waals surface area contributed by atoms with Gasteiger partial charge >= 0.3 is 0 Å². The highest BCUT2D eigenvalue weighted by Crippen LogP contribution is 2.26. The van der Waals surface area contributed by atoms with Crippen LogP contribution in [-0.2, 0) is 20.9 Å². The van der Waals surface area contributed by atoms with Gasteiger partial charge in [0, 0.05) is 31.5 Å². The van der Waals surface area contributed by atoms with Gasteiger partial charge in [0.15, 0.2) is 0 Å². The van der Waals surface area contributed by atoms with E-state index in [2.05, 4.69) is 15.6 Å². The lowest BCUT2D eigenvalue weighted by atomic mass is 9.84. The quantitative estimate of drug-likeness (QED) is 0.562. The lowest BCUT2D eigenvalue weighted by Crippen LogP contribution is -2.47. The first kappa shape index (κ1) is 25.6. The number of hydrogen-bond acceptors (Lipinski definition) is 5. The molecule has 0 aliphatic heterocycles. The van der Waals surface area contributed by atoms with Crippen molar-refractivity contribution in [3.8, 4) is 0 Å². The SMILES string of the molecule is Cl.Cl.NCC(NC(=O)COCC(=O)NCc1cccnc1)C1CCCCC1. The Kier molecular flexibility index (Phi) is 13.9. The van der Waals surface area contributed by atoms with Crippen LogP contribution in [0, 0.1) is 5.92 Å². The first-order chi connectivity index (χ1) is 12.2. The fraction of sp³-hybridized carbons (Fsp3) is 0.611. The van der Waals surface area contributed by atoms with Gasteiger partial charge in [-0.05, 0) is 30.4 Å². The maximum Gasteiger partial charge on any atom is 0.246 e. The van der Waals surface area contributed by atoms with E-state index in [-0.39, 0.29) is 55.9 Å². The van der Waals surface area contributed by atoms with Crippen molar-refractivity contribution in [3.05, 3.63) is 30.1 Å². The fourth-order valence-corrected chi connectivity index (χ4v) is 3.15. The van der Waals surface area contributed by atoms with Gasteiger partial charge in [0.05, 0.1) is 0 Å². The first-order valence-corrected chi connectivity index (χ1v) is 8.92. The van der Waals surface area contributed by atoms with Crippen LogP contribution in [0.15, 0.2) is 24.5 Å². The summed E-state index contributed by atoms with van der Waals surface area (Å²) >= 11 is 0. The van der Waals surface area contributed by atoms with Crippen LogP contribution in [0.5, 0.6) is 0 Å². The summed E-state index contributed by atoms with van der Waals surface area (Å²) in [5.74, 6) is -0.0362. The maximum absolute atomic E-state index is 12.0. The predicted molar refractivity (Wildman–Crippen MR) is 109 cm³/mol. The van der Waals surface area contributed by atoms with E-state index >= 15 is 0 Å². The molecule has 9 heteroatoms. The van der Waals surface area contributed by atoms with E-state index in [4.69, 9.17) is 10.5 Å². The van der Waals surface area contributed by atoms with Crippen molar-refractivity contribution >= 4 is 36.6 Å². The predicted octanol–water partition coefficient (Wildman–Crippen LogP) is 1.58. The number of nitrogens with one attached hydrogen (secondary N) is 2. The van der Waals surface area contributed by atoms with E-state index in [1.807, 2.05) is 12.1 Å². The van der Waals surface area contributed by atoms with E-state index in [0.717, 1.165) is 18.4 Å². The molecular weight excluding hydrogens is 391 g/mol. The zero-order valence-corrected chi connectivity index (χ0v) is 17.0. The second-order valence-electron chi connectivity index (χ2n) is 6.44. The number of amides is 2. The maximum atomic E-state index is 12.0. The van der Waals surface area contributed by atoms with Gasteiger partial charge in [0.1, 0.15) is 13.2 Å². The summed E-state index contributed by atoms with van der Waals surface area (Å²) in [5.41, 5.74) is 6.71. The van der Waals surface area contributed by atoms with Crippen molar-refractivity contribution < 1.29 is 14.3 Å². The Hall–Kier alpha value is -1.41. The van der Waals surface area contributed by atoms with Gasteiger partial charge in [-0.2, -0.15) is 0 Å². The molecule has 2 amide bonds. The largest absolute Gasteiger partial charge is 0.362 e. The lowest BCUT2D eigenvalue weighted by molar-refractivity contribution is -0.131. The summed E-state index contributed by atoms with van der Waals surface area (Å²) in [6, 6.07) is 3.68. The third-order valence-corrected chi connectivity index (χ3v) is 4.50. The van der Waals surface area contributed by atoms with Crippen molar-refractivity contribution in [2.45, 2.75) is 44.7 Å². The molecule has 1 atom stereocenters. The molecule has 1 aliphatic rings. The number of halogens is 2. The molecule has 2 rings (SSSR count). The Morgan fingerprint density at radius 3 is 2.52 bits per heavy atom. The summed E-state index contributed by atoms with van der Waals surface area (Å²) in [6.45, 7) is 0.537. The Morgan fingerprint density at radius 1 is 1.19 bits per heavy atom. The number of carbonyl (C=O) groups excluding carboxylic acids is 2.